The van der Waals surface area contributed by atoms with E-state index < -0.39 is 5.60 Å². The van der Waals surface area contributed by atoms with E-state index in [0.29, 0.717) is 18.8 Å². The highest BCUT2D eigenvalue weighted by Crippen LogP contribution is 2.25. The summed E-state index contributed by atoms with van der Waals surface area (Å²) in [7, 11) is 3.87. The van der Waals surface area contributed by atoms with Crippen molar-refractivity contribution in [2.24, 2.45) is 5.92 Å². The van der Waals surface area contributed by atoms with Crippen LogP contribution in [0.2, 0.25) is 0 Å². The lowest BCUT2D eigenvalue weighted by Crippen LogP contribution is -2.46. The lowest BCUT2D eigenvalue weighted by Gasteiger charge is -2.37. The number of piperidine rings is 1. The highest BCUT2D eigenvalue weighted by atomic mass is 16.3. The molecule has 4 heteroatoms. The highest BCUT2D eigenvalue weighted by molar-refractivity contribution is 5.77. The van der Waals surface area contributed by atoms with Crippen molar-refractivity contribution in [2.45, 2.75) is 38.7 Å². The number of likely N-dealkylation sites (tertiary alicyclic amines) is 1. The molecule has 100 valence electrons. The monoisotopic (exact) mass is 242 g/mol. The van der Waals surface area contributed by atoms with Crippen LogP contribution in [0.15, 0.2) is 0 Å². The molecule has 1 aliphatic rings. The van der Waals surface area contributed by atoms with E-state index in [1.807, 2.05) is 14.1 Å². The standard InChI is InChI=1S/C13H26N2O2/c1-11(2)10-15(4)12(16)9-13(17)5-7-14(3)8-6-13/h11,17H,5-10H2,1-4H3. The van der Waals surface area contributed by atoms with Crippen LogP contribution in [0.5, 0.6) is 0 Å². The Kier molecular flexibility index (Phi) is 4.95. The predicted octanol–water partition coefficient (Wildman–Crippen LogP) is 0.948. The van der Waals surface area contributed by atoms with E-state index in [1.54, 1.807) is 4.90 Å². The zero-order valence-corrected chi connectivity index (χ0v) is 11.6. The molecule has 1 saturated heterocycles. The summed E-state index contributed by atoms with van der Waals surface area (Å²) < 4.78 is 0. The molecule has 4 nitrogen and oxygen atoms in total. The lowest BCUT2D eigenvalue weighted by molar-refractivity contribution is -0.137. The van der Waals surface area contributed by atoms with Crippen LogP contribution in [0.1, 0.15) is 33.1 Å². The molecule has 0 aromatic carbocycles. The number of hydrogen-bond acceptors (Lipinski definition) is 3. The largest absolute Gasteiger partial charge is 0.389 e. The lowest BCUT2D eigenvalue weighted by atomic mass is 9.88. The van der Waals surface area contributed by atoms with Crippen molar-refractivity contribution in [1.82, 2.24) is 9.80 Å². The quantitative estimate of drug-likeness (QED) is 0.798. The Hall–Kier alpha value is -0.610. The van der Waals surface area contributed by atoms with E-state index in [9.17, 15) is 9.90 Å². The number of rotatable bonds is 4. The Bertz CT molecular complexity index is 258. The zero-order chi connectivity index (χ0) is 13.1. The van der Waals surface area contributed by atoms with Gasteiger partial charge >= 0.3 is 0 Å². The fourth-order valence-corrected chi connectivity index (χ4v) is 2.28. The summed E-state index contributed by atoms with van der Waals surface area (Å²) in [4.78, 5) is 15.9. The van der Waals surface area contributed by atoms with Crippen molar-refractivity contribution < 1.29 is 9.90 Å². The van der Waals surface area contributed by atoms with E-state index >= 15 is 0 Å². The number of amides is 1. The summed E-state index contributed by atoms with van der Waals surface area (Å²) in [6.07, 6.45) is 1.67. The van der Waals surface area contributed by atoms with Gasteiger partial charge in [0, 0.05) is 26.7 Å². The van der Waals surface area contributed by atoms with E-state index in [1.165, 1.54) is 0 Å². The van der Waals surface area contributed by atoms with E-state index in [4.69, 9.17) is 0 Å². The molecule has 1 fully saturated rings. The first-order chi connectivity index (χ1) is 7.82. The summed E-state index contributed by atoms with van der Waals surface area (Å²) in [5, 5.41) is 10.4. The SMILES string of the molecule is CC(C)CN(C)C(=O)CC1(O)CCN(C)CC1. The number of carbonyl (C=O) groups excluding carboxylic acids is 1. The third kappa shape index (κ3) is 4.64. The molecule has 1 heterocycles. The maximum absolute atomic E-state index is 12.0. The van der Waals surface area contributed by atoms with E-state index in [0.717, 1.165) is 19.6 Å². The topological polar surface area (TPSA) is 43.8 Å². The summed E-state index contributed by atoms with van der Waals surface area (Å²) >= 11 is 0. The third-order valence-corrected chi connectivity index (χ3v) is 3.46. The molecule has 0 bridgehead atoms. The summed E-state index contributed by atoms with van der Waals surface area (Å²) in [5.74, 6) is 0.529. The normalized spacial score (nSPS) is 20.6. The van der Waals surface area contributed by atoms with E-state index in [-0.39, 0.29) is 12.3 Å². The molecule has 0 radical (unpaired) electrons. The van der Waals surface area contributed by atoms with Crippen LogP contribution in [0.3, 0.4) is 0 Å². The second-order valence-electron chi connectivity index (χ2n) is 5.87. The van der Waals surface area contributed by atoms with Gasteiger partial charge in [0.1, 0.15) is 0 Å². The van der Waals surface area contributed by atoms with Gasteiger partial charge in [-0.3, -0.25) is 4.79 Å². The van der Waals surface area contributed by atoms with Gasteiger partial charge in [-0.15, -0.1) is 0 Å². The molecule has 0 aromatic heterocycles. The second kappa shape index (κ2) is 5.83. The van der Waals surface area contributed by atoms with Crippen molar-refractivity contribution in [3.63, 3.8) is 0 Å². The smallest absolute Gasteiger partial charge is 0.225 e. The summed E-state index contributed by atoms with van der Waals surface area (Å²) in [6, 6.07) is 0. The Morgan fingerprint density at radius 2 is 1.94 bits per heavy atom. The molecule has 1 aliphatic heterocycles. The zero-order valence-electron chi connectivity index (χ0n) is 11.6. The molecule has 0 spiro atoms. The molecular formula is C13H26N2O2. The van der Waals surface area contributed by atoms with Crippen molar-refractivity contribution in [2.75, 3.05) is 33.7 Å². The fourth-order valence-electron chi connectivity index (χ4n) is 2.28. The summed E-state index contributed by atoms with van der Waals surface area (Å²) in [5.41, 5.74) is -0.783. The van der Waals surface area contributed by atoms with Gasteiger partial charge in [-0.2, -0.15) is 0 Å². The Labute approximate surface area is 105 Å². The molecule has 0 unspecified atom stereocenters. The average Bonchev–Trinajstić information content (AvgIpc) is 2.22. The number of hydrogen-bond donors (Lipinski definition) is 1. The molecule has 1 amide bonds. The fraction of sp³-hybridized carbons (Fsp3) is 0.923. The van der Waals surface area contributed by atoms with Gasteiger partial charge in [0.2, 0.25) is 5.91 Å². The third-order valence-electron chi connectivity index (χ3n) is 3.46. The van der Waals surface area contributed by atoms with Gasteiger partial charge in [-0.25, -0.2) is 0 Å². The molecular weight excluding hydrogens is 216 g/mol. The molecule has 0 saturated carbocycles. The average molecular weight is 242 g/mol. The first-order valence-corrected chi connectivity index (χ1v) is 6.47. The van der Waals surface area contributed by atoms with Crippen LogP contribution in [-0.2, 0) is 4.79 Å². The van der Waals surface area contributed by atoms with Crippen molar-refractivity contribution >= 4 is 5.91 Å². The van der Waals surface area contributed by atoms with Crippen LogP contribution in [-0.4, -0.2) is 60.1 Å². The van der Waals surface area contributed by atoms with Crippen molar-refractivity contribution in [3.8, 4) is 0 Å². The minimum absolute atomic E-state index is 0.0609. The maximum Gasteiger partial charge on any atom is 0.225 e. The van der Waals surface area contributed by atoms with Crippen LogP contribution < -0.4 is 0 Å². The molecule has 17 heavy (non-hydrogen) atoms. The molecule has 1 N–H and O–H groups in total. The highest BCUT2D eigenvalue weighted by Gasteiger charge is 2.34. The predicted molar refractivity (Wildman–Crippen MR) is 68.8 cm³/mol. The number of carbonyl (C=O) groups is 1. The Balaban J connectivity index is 2.44. The van der Waals surface area contributed by atoms with Gasteiger partial charge < -0.3 is 14.9 Å². The van der Waals surface area contributed by atoms with Crippen LogP contribution in [0.4, 0.5) is 0 Å². The van der Waals surface area contributed by atoms with Crippen molar-refractivity contribution in [3.05, 3.63) is 0 Å². The van der Waals surface area contributed by atoms with Crippen LogP contribution >= 0.6 is 0 Å². The van der Waals surface area contributed by atoms with E-state index in [2.05, 4.69) is 18.7 Å². The first kappa shape index (κ1) is 14.5. The number of nitrogens with zero attached hydrogens (tertiary/aromatic N) is 2. The van der Waals surface area contributed by atoms with Gasteiger partial charge in [-0.05, 0) is 25.8 Å². The molecule has 0 aliphatic carbocycles. The summed E-state index contributed by atoms with van der Waals surface area (Å²) in [6.45, 7) is 6.69. The van der Waals surface area contributed by atoms with Crippen molar-refractivity contribution in [1.29, 1.82) is 0 Å². The van der Waals surface area contributed by atoms with Crippen LogP contribution in [0, 0.1) is 5.92 Å². The van der Waals surface area contributed by atoms with Gasteiger partial charge in [0.15, 0.2) is 0 Å². The Morgan fingerprint density at radius 1 is 1.41 bits per heavy atom. The maximum atomic E-state index is 12.0. The molecule has 1 rings (SSSR count). The minimum atomic E-state index is -0.783. The van der Waals surface area contributed by atoms with Gasteiger partial charge in [-0.1, -0.05) is 13.8 Å². The minimum Gasteiger partial charge on any atom is -0.389 e. The number of aliphatic hydroxyl groups is 1. The first-order valence-electron chi connectivity index (χ1n) is 6.47. The molecule has 0 atom stereocenters. The Morgan fingerprint density at radius 3 is 2.41 bits per heavy atom. The van der Waals surface area contributed by atoms with Gasteiger partial charge in [0.25, 0.3) is 0 Å². The second-order valence-corrected chi connectivity index (χ2v) is 5.87. The van der Waals surface area contributed by atoms with Gasteiger partial charge in [0.05, 0.1) is 12.0 Å². The molecule has 0 aromatic rings. The van der Waals surface area contributed by atoms with Crippen LogP contribution in [0.25, 0.3) is 0 Å².